The van der Waals surface area contributed by atoms with Crippen LogP contribution in [0.2, 0.25) is 0 Å². The van der Waals surface area contributed by atoms with Crippen LogP contribution in [0.1, 0.15) is 22.8 Å². The molecule has 0 saturated carbocycles. The maximum Gasteiger partial charge on any atom is 0.417 e. The Morgan fingerprint density at radius 2 is 1.90 bits per heavy atom. The van der Waals surface area contributed by atoms with Gasteiger partial charge in [-0.15, -0.1) is 0 Å². The van der Waals surface area contributed by atoms with Crippen LogP contribution in [-0.2, 0) is 6.18 Å². The lowest BCUT2D eigenvalue weighted by molar-refractivity contribution is -0.137. The molecule has 0 N–H and O–H groups in total. The molecule has 0 aliphatic carbocycles. The van der Waals surface area contributed by atoms with E-state index in [1.807, 2.05) is 0 Å². The number of rotatable bonds is 3. The van der Waals surface area contributed by atoms with Gasteiger partial charge in [-0.25, -0.2) is 0 Å². The minimum Gasteiger partial charge on any atom is -0.496 e. The van der Waals surface area contributed by atoms with Crippen molar-refractivity contribution >= 4 is 5.78 Å². The summed E-state index contributed by atoms with van der Waals surface area (Å²) >= 11 is 0. The van der Waals surface area contributed by atoms with Crippen molar-refractivity contribution in [2.75, 3.05) is 7.11 Å². The highest BCUT2D eigenvalue weighted by Crippen LogP contribution is 2.35. The Morgan fingerprint density at radius 1 is 1.19 bits per heavy atom. The summed E-state index contributed by atoms with van der Waals surface area (Å²) in [7, 11) is 1.41. The standard InChI is InChI=1S/C15H12F3NO2/c1-9(20)10-3-4-14(21-2)13(6-10)11-5-12(8-19-7-11)15(16,17)18/h3-8H,1-2H3. The summed E-state index contributed by atoms with van der Waals surface area (Å²) in [4.78, 5) is 15.0. The molecule has 0 saturated heterocycles. The smallest absolute Gasteiger partial charge is 0.417 e. The summed E-state index contributed by atoms with van der Waals surface area (Å²) in [5.74, 6) is 0.194. The van der Waals surface area contributed by atoms with Crippen molar-refractivity contribution in [1.82, 2.24) is 4.98 Å². The molecular formula is C15H12F3NO2. The minimum absolute atomic E-state index is 0.182. The summed E-state index contributed by atoms with van der Waals surface area (Å²) in [5, 5.41) is 0. The Kier molecular flexibility index (Phi) is 3.97. The maximum atomic E-state index is 12.7. The summed E-state index contributed by atoms with van der Waals surface area (Å²) < 4.78 is 43.4. The van der Waals surface area contributed by atoms with Gasteiger partial charge in [-0.1, -0.05) is 0 Å². The molecule has 0 aliphatic heterocycles. The van der Waals surface area contributed by atoms with Crippen molar-refractivity contribution in [2.45, 2.75) is 13.1 Å². The number of aromatic nitrogens is 1. The van der Waals surface area contributed by atoms with Crippen LogP contribution in [0.3, 0.4) is 0 Å². The second-order valence-corrected chi connectivity index (χ2v) is 4.43. The highest BCUT2D eigenvalue weighted by molar-refractivity contribution is 5.96. The molecular weight excluding hydrogens is 283 g/mol. The third kappa shape index (κ3) is 3.21. The van der Waals surface area contributed by atoms with E-state index in [4.69, 9.17) is 4.74 Å². The second kappa shape index (κ2) is 5.55. The fraction of sp³-hybridized carbons (Fsp3) is 0.200. The summed E-state index contributed by atoms with van der Waals surface area (Å²) in [6, 6.07) is 5.59. The summed E-state index contributed by atoms with van der Waals surface area (Å²) in [6.07, 6.45) is -2.42. The molecule has 1 heterocycles. The van der Waals surface area contributed by atoms with Crippen molar-refractivity contribution in [1.29, 1.82) is 0 Å². The Morgan fingerprint density at radius 3 is 2.48 bits per heavy atom. The SMILES string of the molecule is COc1ccc(C(C)=O)cc1-c1cncc(C(F)(F)F)c1. The summed E-state index contributed by atoms with van der Waals surface area (Å²) in [6.45, 7) is 1.38. The van der Waals surface area contributed by atoms with Crippen LogP contribution in [0.5, 0.6) is 5.75 Å². The largest absolute Gasteiger partial charge is 0.496 e. The molecule has 0 amide bonds. The average Bonchev–Trinajstić information content (AvgIpc) is 2.45. The first-order chi connectivity index (χ1) is 9.82. The molecule has 21 heavy (non-hydrogen) atoms. The maximum absolute atomic E-state index is 12.7. The predicted octanol–water partition coefficient (Wildman–Crippen LogP) is 3.98. The zero-order valence-corrected chi connectivity index (χ0v) is 11.4. The van der Waals surface area contributed by atoms with Crippen molar-refractivity contribution in [3.63, 3.8) is 0 Å². The average molecular weight is 295 g/mol. The third-order valence-electron chi connectivity index (χ3n) is 2.98. The van der Waals surface area contributed by atoms with Gasteiger partial charge in [-0.3, -0.25) is 9.78 Å². The number of ketones is 1. The van der Waals surface area contributed by atoms with E-state index in [1.54, 1.807) is 12.1 Å². The number of alkyl halides is 3. The van der Waals surface area contributed by atoms with Gasteiger partial charge in [0.1, 0.15) is 5.75 Å². The van der Waals surface area contributed by atoms with Crippen LogP contribution in [-0.4, -0.2) is 17.9 Å². The van der Waals surface area contributed by atoms with Gasteiger partial charge in [0, 0.05) is 29.1 Å². The van der Waals surface area contributed by atoms with Crippen molar-refractivity contribution < 1.29 is 22.7 Å². The molecule has 0 radical (unpaired) electrons. The second-order valence-electron chi connectivity index (χ2n) is 4.43. The lowest BCUT2D eigenvalue weighted by atomic mass is 10.0. The molecule has 6 heteroatoms. The number of carbonyl (C=O) groups is 1. The number of nitrogens with zero attached hydrogens (tertiary/aromatic N) is 1. The van der Waals surface area contributed by atoms with E-state index in [1.165, 1.54) is 26.3 Å². The zero-order valence-electron chi connectivity index (χ0n) is 11.4. The molecule has 2 aromatic rings. The van der Waals surface area contributed by atoms with Crippen LogP contribution >= 0.6 is 0 Å². The molecule has 0 unspecified atom stereocenters. The number of pyridine rings is 1. The van der Waals surface area contributed by atoms with E-state index in [2.05, 4.69) is 4.98 Å². The number of halogens is 3. The molecule has 1 aromatic heterocycles. The molecule has 0 atom stereocenters. The van der Waals surface area contributed by atoms with E-state index in [9.17, 15) is 18.0 Å². The van der Waals surface area contributed by atoms with Crippen LogP contribution in [0, 0.1) is 0 Å². The summed E-state index contributed by atoms with van der Waals surface area (Å²) in [5.41, 5.74) is 0.173. The van der Waals surface area contributed by atoms with E-state index < -0.39 is 11.7 Å². The fourth-order valence-electron chi connectivity index (χ4n) is 1.89. The van der Waals surface area contributed by atoms with E-state index in [0.29, 0.717) is 16.9 Å². The molecule has 0 bridgehead atoms. The minimum atomic E-state index is -4.48. The number of Topliss-reactive ketones (excluding diaryl/α,β-unsaturated/α-hetero) is 1. The third-order valence-corrected chi connectivity index (χ3v) is 2.98. The van der Waals surface area contributed by atoms with Crippen LogP contribution in [0.4, 0.5) is 13.2 Å². The lowest BCUT2D eigenvalue weighted by Crippen LogP contribution is -2.05. The number of benzene rings is 1. The first kappa shape index (κ1) is 15.0. The highest BCUT2D eigenvalue weighted by Gasteiger charge is 2.31. The number of carbonyl (C=O) groups excluding carboxylic acids is 1. The normalized spacial score (nSPS) is 11.3. The molecule has 0 spiro atoms. The van der Waals surface area contributed by atoms with Gasteiger partial charge in [0.05, 0.1) is 12.7 Å². The van der Waals surface area contributed by atoms with Crippen molar-refractivity contribution in [2.24, 2.45) is 0 Å². The van der Waals surface area contributed by atoms with Gasteiger partial charge in [0.25, 0.3) is 0 Å². The molecule has 0 fully saturated rings. The monoisotopic (exact) mass is 295 g/mol. The van der Waals surface area contributed by atoms with Crippen LogP contribution < -0.4 is 4.74 Å². The topological polar surface area (TPSA) is 39.2 Å². The molecule has 110 valence electrons. The quantitative estimate of drug-likeness (QED) is 0.804. The molecule has 2 rings (SSSR count). The van der Waals surface area contributed by atoms with Gasteiger partial charge in [0.15, 0.2) is 5.78 Å². The molecule has 3 nitrogen and oxygen atoms in total. The zero-order chi connectivity index (χ0) is 15.6. The van der Waals surface area contributed by atoms with Crippen LogP contribution in [0.25, 0.3) is 11.1 Å². The van der Waals surface area contributed by atoms with E-state index in [0.717, 1.165) is 12.3 Å². The van der Waals surface area contributed by atoms with Gasteiger partial charge in [0.2, 0.25) is 0 Å². The Bertz CT molecular complexity index is 681. The van der Waals surface area contributed by atoms with Gasteiger partial charge in [-0.05, 0) is 31.2 Å². The highest BCUT2D eigenvalue weighted by atomic mass is 19.4. The lowest BCUT2D eigenvalue weighted by Gasteiger charge is -2.12. The Hall–Kier alpha value is -2.37. The number of hydrogen-bond donors (Lipinski definition) is 0. The van der Waals surface area contributed by atoms with Gasteiger partial charge >= 0.3 is 6.18 Å². The van der Waals surface area contributed by atoms with Crippen molar-refractivity contribution in [3.8, 4) is 16.9 Å². The first-order valence-electron chi connectivity index (χ1n) is 6.04. The first-order valence-corrected chi connectivity index (χ1v) is 6.04. The van der Waals surface area contributed by atoms with Gasteiger partial charge in [-0.2, -0.15) is 13.2 Å². The number of hydrogen-bond acceptors (Lipinski definition) is 3. The van der Waals surface area contributed by atoms with Gasteiger partial charge < -0.3 is 4.74 Å². The Labute approximate surface area is 119 Å². The van der Waals surface area contributed by atoms with E-state index in [-0.39, 0.29) is 11.3 Å². The van der Waals surface area contributed by atoms with Crippen molar-refractivity contribution in [3.05, 3.63) is 47.8 Å². The van der Waals surface area contributed by atoms with E-state index >= 15 is 0 Å². The molecule has 1 aromatic carbocycles. The number of methoxy groups -OCH3 is 1. The number of ether oxygens (including phenoxy) is 1. The molecule has 0 aliphatic rings. The Balaban J connectivity index is 2.60. The predicted molar refractivity (Wildman–Crippen MR) is 71.2 cm³/mol. The van der Waals surface area contributed by atoms with Crippen LogP contribution in [0.15, 0.2) is 36.7 Å². The fourth-order valence-corrected chi connectivity index (χ4v) is 1.89.